The lowest BCUT2D eigenvalue weighted by atomic mass is 10.1. The number of anilines is 1. The van der Waals surface area contributed by atoms with E-state index in [0.29, 0.717) is 17.6 Å². The average molecular weight is 399 g/mol. The minimum absolute atomic E-state index is 0.0224. The van der Waals surface area contributed by atoms with Crippen LogP contribution in [0.25, 0.3) is 10.9 Å². The molecule has 1 aliphatic heterocycles. The third-order valence-electron chi connectivity index (χ3n) is 5.69. The van der Waals surface area contributed by atoms with Gasteiger partial charge in [-0.25, -0.2) is 0 Å². The number of aromatic nitrogens is 1. The average Bonchev–Trinajstić information content (AvgIpc) is 3.34. The standard InChI is InChI=1S/C21H26N4O2S/c1-3-13(2)12-24-18(20(27)25(21(24)28)16-6-7-16)11-19(26)23-15-5-4-14-8-9-22-17(14)10-15/h4-5,8-10,13,16,18,22H,3,6-7,11-12H2,1-2H3,(H,23,26). The number of benzene rings is 1. The number of carbonyl (C=O) groups excluding carboxylic acids is 2. The highest BCUT2D eigenvalue weighted by atomic mass is 32.1. The minimum Gasteiger partial charge on any atom is -0.361 e. The molecular formula is C21H26N4O2S. The van der Waals surface area contributed by atoms with Crippen molar-refractivity contribution in [3.05, 3.63) is 30.5 Å². The molecule has 0 radical (unpaired) electrons. The lowest BCUT2D eigenvalue weighted by Crippen LogP contribution is -2.40. The van der Waals surface area contributed by atoms with E-state index >= 15 is 0 Å². The molecule has 1 aromatic heterocycles. The summed E-state index contributed by atoms with van der Waals surface area (Å²) in [5, 5.41) is 4.62. The molecule has 1 aromatic carbocycles. The van der Waals surface area contributed by atoms with Gasteiger partial charge in [0.25, 0.3) is 5.91 Å². The number of fused-ring (bicyclic) bond motifs is 1. The molecule has 4 rings (SSSR count). The van der Waals surface area contributed by atoms with Gasteiger partial charge < -0.3 is 15.2 Å². The number of aromatic amines is 1. The Bertz CT molecular complexity index is 920. The molecule has 2 aliphatic rings. The van der Waals surface area contributed by atoms with Crippen LogP contribution in [0.4, 0.5) is 5.69 Å². The van der Waals surface area contributed by atoms with E-state index in [1.54, 1.807) is 4.90 Å². The quantitative estimate of drug-likeness (QED) is 0.701. The maximum absolute atomic E-state index is 13.0. The van der Waals surface area contributed by atoms with Crippen molar-refractivity contribution in [3.63, 3.8) is 0 Å². The summed E-state index contributed by atoms with van der Waals surface area (Å²) in [4.78, 5) is 32.6. The van der Waals surface area contributed by atoms with E-state index in [2.05, 4.69) is 24.1 Å². The number of thiocarbonyl (C=S) groups is 1. The molecule has 7 heteroatoms. The largest absolute Gasteiger partial charge is 0.361 e. The summed E-state index contributed by atoms with van der Waals surface area (Å²) in [7, 11) is 0. The Kier molecular flexibility index (Phi) is 5.10. The number of hydrogen-bond donors (Lipinski definition) is 2. The molecule has 0 bridgehead atoms. The van der Waals surface area contributed by atoms with E-state index in [4.69, 9.17) is 12.2 Å². The summed E-state index contributed by atoms with van der Waals surface area (Å²) in [6.45, 7) is 4.98. The van der Waals surface area contributed by atoms with Crippen molar-refractivity contribution in [1.82, 2.24) is 14.8 Å². The first-order valence-electron chi connectivity index (χ1n) is 9.98. The number of rotatable bonds is 7. The third kappa shape index (κ3) is 3.63. The fraction of sp³-hybridized carbons (Fsp3) is 0.476. The molecule has 2 amide bonds. The van der Waals surface area contributed by atoms with E-state index in [9.17, 15) is 9.59 Å². The molecule has 148 valence electrons. The van der Waals surface area contributed by atoms with Crippen LogP contribution >= 0.6 is 12.2 Å². The zero-order valence-corrected chi connectivity index (χ0v) is 17.1. The van der Waals surface area contributed by atoms with Gasteiger partial charge in [0, 0.05) is 30.0 Å². The van der Waals surface area contributed by atoms with Crippen LogP contribution in [0.1, 0.15) is 39.5 Å². The van der Waals surface area contributed by atoms with Gasteiger partial charge in [-0.05, 0) is 54.6 Å². The molecule has 1 saturated carbocycles. The second kappa shape index (κ2) is 7.54. The Balaban J connectivity index is 1.48. The van der Waals surface area contributed by atoms with Crippen LogP contribution in [-0.4, -0.2) is 50.3 Å². The predicted octanol–water partition coefficient (Wildman–Crippen LogP) is 3.50. The molecule has 28 heavy (non-hydrogen) atoms. The van der Waals surface area contributed by atoms with Gasteiger partial charge in [0.05, 0.1) is 6.42 Å². The number of amides is 2. The van der Waals surface area contributed by atoms with E-state index in [0.717, 1.165) is 35.9 Å². The smallest absolute Gasteiger partial charge is 0.252 e. The SMILES string of the molecule is CCC(C)CN1C(=S)N(C2CC2)C(=O)C1CC(=O)Nc1ccc2cc[nH]c2c1. The first-order valence-corrected chi connectivity index (χ1v) is 10.4. The van der Waals surface area contributed by atoms with Crippen LogP contribution in [0.2, 0.25) is 0 Å². The van der Waals surface area contributed by atoms with Crippen LogP contribution in [-0.2, 0) is 9.59 Å². The normalized spacial score (nSPS) is 20.9. The van der Waals surface area contributed by atoms with Crippen LogP contribution in [0.5, 0.6) is 0 Å². The van der Waals surface area contributed by atoms with Gasteiger partial charge in [-0.2, -0.15) is 0 Å². The van der Waals surface area contributed by atoms with Crippen molar-refractivity contribution in [1.29, 1.82) is 0 Å². The van der Waals surface area contributed by atoms with Crippen LogP contribution in [0.3, 0.4) is 0 Å². The van der Waals surface area contributed by atoms with Gasteiger partial charge in [-0.3, -0.25) is 14.5 Å². The Hall–Kier alpha value is -2.41. The Morgan fingerprint density at radius 3 is 2.86 bits per heavy atom. The van der Waals surface area contributed by atoms with Crippen LogP contribution in [0, 0.1) is 5.92 Å². The predicted molar refractivity (Wildman–Crippen MR) is 114 cm³/mol. The van der Waals surface area contributed by atoms with Crippen LogP contribution in [0.15, 0.2) is 30.5 Å². The number of H-pyrrole nitrogens is 1. The highest BCUT2D eigenvalue weighted by Gasteiger charge is 2.49. The highest BCUT2D eigenvalue weighted by Crippen LogP contribution is 2.34. The number of carbonyl (C=O) groups is 2. The van der Waals surface area contributed by atoms with Gasteiger partial charge in [0.15, 0.2) is 5.11 Å². The summed E-state index contributed by atoms with van der Waals surface area (Å²) in [6.07, 6.45) is 4.98. The van der Waals surface area contributed by atoms with Crippen molar-refractivity contribution in [2.24, 2.45) is 5.92 Å². The lowest BCUT2D eigenvalue weighted by molar-refractivity contribution is -0.131. The minimum atomic E-state index is -0.503. The zero-order valence-electron chi connectivity index (χ0n) is 16.3. The monoisotopic (exact) mass is 398 g/mol. The molecule has 1 saturated heterocycles. The topological polar surface area (TPSA) is 68.4 Å². The lowest BCUT2D eigenvalue weighted by Gasteiger charge is -2.26. The van der Waals surface area contributed by atoms with Crippen molar-refractivity contribution >= 4 is 45.7 Å². The first kappa shape index (κ1) is 18.9. The molecule has 2 heterocycles. The zero-order chi connectivity index (χ0) is 19.8. The maximum Gasteiger partial charge on any atom is 0.252 e. The molecule has 1 aliphatic carbocycles. The van der Waals surface area contributed by atoms with E-state index < -0.39 is 6.04 Å². The highest BCUT2D eigenvalue weighted by molar-refractivity contribution is 7.80. The number of nitrogens with zero attached hydrogens (tertiary/aromatic N) is 2. The number of nitrogens with one attached hydrogen (secondary N) is 2. The van der Waals surface area contributed by atoms with Crippen molar-refractivity contribution in [3.8, 4) is 0 Å². The fourth-order valence-electron chi connectivity index (χ4n) is 3.71. The van der Waals surface area contributed by atoms with Gasteiger partial charge in [-0.15, -0.1) is 0 Å². The van der Waals surface area contributed by atoms with Crippen LogP contribution < -0.4 is 5.32 Å². The van der Waals surface area contributed by atoms with E-state index in [-0.39, 0.29) is 24.3 Å². The molecule has 0 spiro atoms. The van der Waals surface area contributed by atoms with E-state index in [1.165, 1.54) is 0 Å². The molecule has 2 atom stereocenters. The Morgan fingerprint density at radius 1 is 1.36 bits per heavy atom. The van der Waals surface area contributed by atoms with Gasteiger partial charge in [-0.1, -0.05) is 26.3 Å². The summed E-state index contributed by atoms with van der Waals surface area (Å²) in [5.41, 5.74) is 1.69. The second-order valence-electron chi connectivity index (χ2n) is 7.94. The molecule has 6 nitrogen and oxygen atoms in total. The molecule has 2 aromatic rings. The summed E-state index contributed by atoms with van der Waals surface area (Å²) >= 11 is 5.62. The third-order valence-corrected chi connectivity index (χ3v) is 6.12. The second-order valence-corrected chi connectivity index (χ2v) is 8.30. The number of hydrogen-bond acceptors (Lipinski definition) is 3. The van der Waals surface area contributed by atoms with E-state index in [1.807, 2.05) is 35.4 Å². The summed E-state index contributed by atoms with van der Waals surface area (Å²) in [6, 6.07) is 7.45. The first-order chi connectivity index (χ1) is 13.5. The molecule has 2 N–H and O–H groups in total. The van der Waals surface area contributed by atoms with Crippen molar-refractivity contribution in [2.45, 2.75) is 51.6 Å². The Labute approximate surface area is 170 Å². The van der Waals surface area contributed by atoms with Crippen molar-refractivity contribution < 1.29 is 9.59 Å². The van der Waals surface area contributed by atoms with Crippen molar-refractivity contribution in [2.75, 3.05) is 11.9 Å². The molecular weight excluding hydrogens is 372 g/mol. The van der Waals surface area contributed by atoms with Gasteiger partial charge >= 0.3 is 0 Å². The maximum atomic E-state index is 13.0. The molecule has 2 unspecified atom stereocenters. The van der Waals surface area contributed by atoms with Gasteiger partial charge in [0.1, 0.15) is 6.04 Å². The van der Waals surface area contributed by atoms with Gasteiger partial charge in [0.2, 0.25) is 5.91 Å². The summed E-state index contributed by atoms with van der Waals surface area (Å²) < 4.78 is 0. The fourth-order valence-corrected chi connectivity index (χ4v) is 4.15. The molecule has 2 fully saturated rings. The Morgan fingerprint density at radius 2 is 2.14 bits per heavy atom. The summed E-state index contributed by atoms with van der Waals surface area (Å²) in [5.74, 6) is 0.218.